The molecule has 0 radical (unpaired) electrons. The quantitative estimate of drug-likeness (QED) is 0.635. The predicted molar refractivity (Wildman–Crippen MR) is 56.7 cm³/mol. The van der Waals surface area contributed by atoms with Crippen molar-refractivity contribution >= 4 is 0 Å². The van der Waals surface area contributed by atoms with E-state index < -0.39 is 0 Å². The normalized spacial score (nSPS) is 23.2. The van der Waals surface area contributed by atoms with Crippen molar-refractivity contribution in [1.82, 2.24) is 0 Å². The predicted octanol–water partition coefficient (Wildman–Crippen LogP) is 3.68. The smallest absolute Gasteiger partial charge is 0.00892 e. The Morgan fingerprint density at radius 1 is 1.38 bits per heavy atom. The second-order valence-corrected chi connectivity index (χ2v) is 3.73. The number of allylic oxidation sites excluding steroid dienone is 3. The lowest BCUT2D eigenvalue weighted by Gasteiger charge is -1.93. The molecule has 0 nitrogen and oxygen atoms in total. The number of benzene rings is 1. The molecule has 0 N–H and O–H groups in total. The van der Waals surface area contributed by atoms with Gasteiger partial charge in [-0.15, -0.1) is 0 Å². The zero-order chi connectivity index (χ0) is 9.26. The van der Waals surface area contributed by atoms with Crippen molar-refractivity contribution in [2.24, 2.45) is 0 Å². The van der Waals surface area contributed by atoms with E-state index in [0.717, 1.165) is 5.57 Å². The first-order valence-electron chi connectivity index (χ1n) is 4.68. The third-order valence-corrected chi connectivity index (χ3v) is 2.36. The van der Waals surface area contributed by atoms with Gasteiger partial charge in [0.05, 0.1) is 0 Å². The Labute approximate surface area is 79.6 Å². The molecule has 1 unspecified atom stereocenters. The van der Waals surface area contributed by atoms with Gasteiger partial charge in [-0.1, -0.05) is 54.1 Å². The highest BCUT2D eigenvalue weighted by Crippen LogP contribution is 2.47. The van der Waals surface area contributed by atoms with Gasteiger partial charge in [0.15, 0.2) is 0 Å². The molecule has 0 heterocycles. The first-order chi connectivity index (χ1) is 6.27. The summed E-state index contributed by atoms with van der Waals surface area (Å²) >= 11 is 0. The first kappa shape index (κ1) is 8.31. The summed E-state index contributed by atoms with van der Waals surface area (Å²) < 4.78 is 0. The molecule has 2 rings (SSSR count). The third kappa shape index (κ3) is 1.89. The van der Waals surface area contributed by atoms with Crippen LogP contribution in [0.15, 0.2) is 54.1 Å². The fraction of sp³-hybridized carbons (Fsp3) is 0.231. The van der Waals surface area contributed by atoms with Crippen LogP contribution in [0.3, 0.4) is 0 Å². The summed E-state index contributed by atoms with van der Waals surface area (Å²) in [4.78, 5) is 0. The summed E-state index contributed by atoms with van der Waals surface area (Å²) in [6, 6.07) is 10.7. The molecule has 1 fully saturated rings. The van der Waals surface area contributed by atoms with Crippen LogP contribution in [-0.4, -0.2) is 0 Å². The minimum absolute atomic E-state index is 0.679. The van der Waals surface area contributed by atoms with E-state index in [9.17, 15) is 0 Å². The van der Waals surface area contributed by atoms with Crippen LogP contribution < -0.4 is 0 Å². The fourth-order valence-corrected chi connectivity index (χ4v) is 1.67. The average Bonchev–Trinajstić information content (AvgIpc) is 2.84. The standard InChI is InChI=1S/C13H14/c1-10(2)8-12-9-13(12)11-6-4-3-5-7-11/h3-8,13H,1,9H2,2H3. The van der Waals surface area contributed by atoms with Crippen molar-refractivity contribution in [3.63, 3.8) is 0 Å². The van der Waals surface area contributed by atoms with Crippen molar-refractivity contribution < 1.29 is 0 Å². The van der Waals surface area contributed by atoms with E-state index in [1.165, 1.54) is 17.6 Å². The van der Waals surface area contributed by atoms with Gasteiger partial charge < -0.3 is 0 Å². The zero-order valence-corrected chi connectivity index (χ0v) is 7.96. The molecule has 1 aromatic rings. The summed E-state index contributed by atoms with van der Waals surface area (Å²) in [5.74, 6) is 0.679. The Balaban J connectivity index is 2.13. The Morgan fingerprint density at radius 3 is 2.69 bits per heavy atom. The minimum Gasteiger partial charge on any atom is -0.0961 e. The van der Waals surface area contributed by atoms with Crippen molar-refractivity contribution in [3.05, 3.63) is 59.7 Å². The van der Waals surface area contributed by atoms with Crippen LogP contribution in [0, 0.1) is 0 Å². The SMILES string of the molecule is C=C(C)C=C1CC1c1ccccc1. The summed E-state index contributed by atoms with van der Waals surface area (Å²) in [6.45, 7) is 5.94. The summed E-state index contributed by atoms with van der Waals surface area (Å²) in [5.41, 5.74) is 4.13. The lowest BCUT2D eigenvalue weighted by Crippen LogP contribution is -1.75. The monoisotopic (exact) mass is 170 g/mol. The Kier molecular flexibility index (Phi) is 2.05. The molecule has 1 aliphatic rings. The van der Waals surface area contributed by atoms with E-state index in [-0.39, 0.29) is 0 Å². The van der Waals surface area contributed by atoms with E-state index in [2.05, 4.69) is 43.0 Å². The molecule has 0 aromatic heterocycles. The summed E-state index contributed by atoms with van der Waals surface area (Å²) in [6.07, 6.45) is 3.43. The van der Waals surface area contributed by atoms with Crippen LogP contribution in [0.2, 0.25) is 0 Å². The molecule has 1 saturated carbocycles. The molecule has 0 spiro atoms. The molecule has 1 aromatic carbocycles. The topological polar surface area (TPSA) is 0 Å². The molecule has 66 valence electrons. The molecule has 0 amide bonds. The fourth-order valence-electron chi connectivity index (χ4n) is 1.67. The number of rotatable bonds is 2. The highest BCUT2D eigenvalue weighted by atomic mass is 14.3. The highest BCUT2D eigenvalue weighted by molar-refractivity contribution is 5.43. The second kappa shape index (κ2) is 3.21. The van der Waals surface area contributed by atoms with Gasteiger partial charge >= 0.3 is 0 Å². The first-order valence-corrected chi connectivity index (χ1v) is 4.68. The van der Waals surface area contributed by atoms with E-state index in [0.29, 0.717) is 5.92 Å². The van der Waals surface area contributed by atoms with Crippen LogP contribution in [-0.2, 0) is 0 Å². The summed E-state index contributed by atoms with van der Waals surface area (Å²) in [5, 5.41) is 0. The lowest BCUT2D eigenvalue weighted by atomic mass is 10.1. The van der Waals surface area contributed by atoms with Gasteiger partial charge in [0, 0.05) is 5.92 Å². The Morgan fingerprint density at radius 2 is 2.08 bits per heavy atom. The van der Waals surface area contributed by atoms with Gasteiger partial charge in [-0.3, -0.25) is 0 Å². The van der Waals surface area contributed by atoms with Crippen LogP contribution in [0.5, 0.6) is 0 Å². The maximum Gasteiger partial charge on any atom is 0.00892 e. The van der Waals surface area contributed by atoms with Gasteiger partial charge in [0.1, 0.15) is 0 Å². The molecule has 13 heavy (non-hydrogen) atoms. The van der Waals surface area contributed by atoms with Gasteiger partial charge in [0.25, 0.3) is 0 Å². The number of hydrogen-bond donors (Lipinski definition) is 0. The number of hydrogen-bond acceptors (Lipinski definition) is 0. The maximum atomic E-state index is 3.89. The van der Waals surface area contributed by atoms with E-state index in [4.69, 9.17) is 0 Å². The van der Waals surface area contributed by atoms with Gasteiger partial charge in [0.2, 0.25) is 0 Å². The van der Waals surface area contributed by atoms with Crippen LogP contribution in [0.25, 0.3) is 0 Å². The summed E-state index contributed by atoms with van der Waals surface area (Å²) in [7, 11) is 0. The van der Waals surface area contributed by atoms with Gasteiger partial charge in [-0.2, -0.15) is 0 Å². The lowest BCUT2D eigenvalue weighted by molar-refractivity contribution is 1.16. The van der Waals surface area contributed by atoms with E-state index in [1.807, 2.05) is 6.92 Å². The molecule has 0 aliphatic heterocycles. The third-order valence-electron chi connectivity index (χ3n) is 2.36. The van der Waals surface area contributed by atoms with E-state index >= 15 is 0 Å². The van der Waals surface area contributed by atoms with E-state index in [1.54, 1.807) is 0 Å². The van der Waals surface area contributed by atoms with Crippen molar-refractivity contribution in [1.29, 1.82) is 0 Å². The van der Waals surface area contributed by atoms with Crippen molar-refractivity contribution in [3.8, 4) is 0 Å². The van der Waals surface area contributed by atoms with Crippen molar-refractivity contribution in [2.45, 2.75) is 19.3 Å². The average molecular weight is 170 g/mol. The zero-order valence-electron chi connectivity index (χ0n) is 7.96. The second-order valence-electron chi connectivity index (χ2n) is 3.73. The molecule has 0 saturated heterocycles. The molecular weight excluding hydrogens is 156 g/mol. The van der Waals surface area contributed by atoms with Crippen LogP contribution >= 0.6 is 0 Å². The minimum atomic E-state index is 0.679. The van der Waals surface area contributed by atoms with Crippen LogP contribution in [0.4, 0.5) is 0 Å². The van der Waals surface area contributed by atoms with Gasteiger partial charge in [-0.05, 0) is 18.9 Å². The molecule has 0 heteroatoms. The molecule has 1 atom stereocenters. The maximum absolute atomic E-state index is 3.89. The Bertz CT molecular complexity index is 344. The Hall–Kier alpha value is -1.30. The molecular formula is C13H14. The molecule has 0 bridgehead atoms. The van der Waals surface area contributed by atoms with Crippen molar-refractivity contribution in [2.75, 3.05) is 0 Å². The highest BCUT2D eigenvalue weighted by Gasteiger charge is 2.30. The van der Waals surface area contributed by atoms with Crippen LogP contribution in [0.1, 0.15) is 24.8 Å². The molecule has 1 aliphatic carbocycles. The largest absolute Gasteiger partial charge is 0.0961 e. The van der Waals surface area contributed by atoms with Gasteiger partial charge in [-0.25, -0.2) is 0 Å².